The lowest BCUT2D eigenvalue weighted by Gasteiger charge is -2.08. The van der Waals surface area contributed by atoms with Gasteiger partial charge in [0.15, 0.2) is 0 Å². The summed E-state index contributed by atoms with van der Waals surface area (Å²) in [5, 5.41) is 7.52. The van der Waals surface area contributed by atoms with Gasteiger partial charge in [-0.25, -0.2) is 0 Å². The molecular weight excluding hydrogens is 269 g/mol. The third-order valence-corrected chi connectivity index (χ3v) is 2.59. The Bertz CT molecular complexity index is 404. The molecule has 0 aromatic carbocycles. The average Bonchev–Trinajstić information content (AvgIpc) is 2.78. The number of nitrogens with one attached hydrogen (secondary N) is 2. The van der Waals surface area contributed by atoms with Gasteiger partial charge >= 0.3 is 6.18 Å². The molecule has 0 fully saturated rings. The van der Waals surface area contributed by atoms with E-state index in [0.717, 1.165) is 0 Å². The Morgan fingerprint density at radius 3 is 2.56 bits per heavy atom. The van der Waals surface area contributed by atoms with Crippen LogP contribution in [0.15, 0.2) is 16.8 Å². The first-order valence-electron chi connectivity index (χ1n) is 5.02. The van der Waals surface area contributed by atoms with E-state index in [0.29, 0.717) is 5.56 Å². The minimum atomic E-state index is -4.42. The summed E-state index contributed by atoms with van der Waals surface area (Å²) < 4.78 is 35.3. The summed E-state index contributed by atoms with van der Waals surface area (Å²) in [6, 6.07) is 1.61. The maximum Gasteiger partial charge on any atom is 0.405 e. The Balaban J connectivity index is 2.18. The molecule has 0 atom stereocenters. The number of hydrogen-bond acceptors (Lipinski definition) is 3. The zero-order chi connectivity index (χ0) is 13.6. The Kier molecular flexibility index (Phi) is 5.14. The van der Waals surface area contributed by atoms with Crippen LogP contribution in [0.4, 0.5) is 13.2 Å². The molecule has 4 nitrogen and oxygen atoms in total. The number of carbonyl (C=O) groups excluding carboxylic acids is 2. The molecule has 2 amide bonds. The highest BCUT2D eigenvalue weighted by molar-refractivity contribution is 7.08. The summed E-state index contributed by atoms with van der Waals surface area (Å²) in [6.45, 7) is -1.36. The molecule has 0 bridgehead atoms. The molecule has 1 aromatic rings. The van der Waals surface area contributed by atoms with Crippen LogP contribution in [0.3, 0.4) is 0 Å². The van der Waals surface area contributed by atoms with Crippen LogP contribution in [-0.4, -0.2) is 31.1 Å². The van der Waals surface area contributed by atoms with Crippen LogP contribution in [0.2, 0.25) is 0 Å². The number of halogens is 3. The Labute approximate surface area is 105 Å². The molecule has 0 aliphatic rings. The van der Waals surface area contributed by atoms with E-state index in [-0.39, 0.29) is 18.9 Å². The normalized spacial score (nSPS) is 11.1. The molecule has 1 rings (SSSR count). The fourth-order valence-corrected chi connectivity index (χ4v) is 1.71. The standard InChI is InChI=1S/C10H11F3N2O2S/c11-10(12,13)6-15-8(16)1-3-14-9(17)7-2-4-18-5-7/h2,4-5H,1,3,6H2,(H,14,17)(H,15,16). The highest BCUT2D eigenvalue weighted by Crippen LogP contribution is 2.12. The molecular formula is C10H11F3N2O2S. The summed E-state index contributed by atoms with van der Waals surface area (Å²) in [4.78, 5) is 22.4. The Morgan fingerprint density at radius 1 is 1.28 bits per heavy atom. The molecule has 0 spiro atoms. The van der Waals surface area contributed by atoms with Crippen molar-refractivity contribution in [1.29, 1.82) is 0 Å². The first-order valence-corrected chi connectivity index (χ1v) is 5.96. The summed E-state index contributed by atoms with van der Waals surface area (Å²) in [7, 11) is 0. The van der Waals surface area contributed by atoms with Crippen LogP contribution < -0.4 is 10.6 Å². The van der Waals surface area contributed by atoms with E-state index in [4.69, 9.17) is 0 Å². The lowest BCUT2D eigenvalue weighted by molar-refractivity contribution is -0.138. The third-order valence-electron chi connectivity index (χ3n) is 1.91. The zero-order valence-corrected chi connectivity index (χ0v) is 10.0. The maximum atomic E-state index is 11.8. The van der Waals surface area contributed by atoms with Crippen molar-refractivity contribution in [1.82, 2.24) is 10.6 Å². The van der Waals surface area contributed by atoms with E-state index in [1.54, 1.807) is 22.1 Å². The van der Waals surface area contributed by atoms with Crippen LogP contribution in [0.25, 0.3) is 0 Å². The number of rotatable bonds is 5. The molecule has 100 valence electrons. The molecule has 1 aromatic heterocycles. The highest BCUT2D eigenvalue weighted by Gasteiger charge is 2.27. The number of amides is 2. The van der Waals surface area contributed by atoms with Crippen LogP contribution in [0, 0.1) is 0 Å². The fraction of sp³-hybridized carbons (Fsp3) is 0.400. The average molecular weight is 280 g/mol. The predicted octanol–water partition coefficient (Wildman–Crippen LogP) is 1.55. The quantitative estimate of drug-likeness (QED) is 0.859. The topological polar surface area (TPSA) is 58.2 Å². The van der Waals surface area contributed by atoms with Crippen LogP contribution in [0.1, 0.15) is 16.8 Å². The van der Waals surface area contributed by atoms with E-state index >= 15 is 0 Å². The summed E-state index contributed by atoms with van der Waals surface area (Å²) in [5.74, 6) is -1.10. The Hall–Kier alpha value is -1.57. The van der Waals surface area contributed by atoms with Crippen molar-refractivity contribution in [3.05, 3.63) is 22.4 Å². The van der Waals surface area contributed by atoms with Crippen molar-refractivity contribution in [3.63, 3.8) is 0 Å². The van der Waals surface area contributed by atoms with Gasteiger partial charge in [-0.3, -0.25) is 9.59 Å². The van der Waals surface area contributed by atoms with Crippen LogP contribution in [0.5, 0.6) is 0 Å². The van der Waals surface area contributed by atoms with E-state index < -0.39 is 18.6 Å². The molecule has 18 heavy (non-hydrogen) atoms. The molecule has 0 aliphatic carbocycles. The van der Waals surface area contributed by atoms with E-state index in [1.165, 1.54) is 11.3 Å². The minimum absolute atomic E-state index is 0.00162. The number of carbonyl (C=O) groups is 2. The molecule has 8 heteroatoms. The first kappa shape index (κ1) is 14.5. The SMILES string of the molecule is O=C(CCNC(=O)c1ccsc1)NCC(F)(F)F. The smallest absolute Gasteiger partial charge is 0.351 e. The second-order valence-electron chi connectivity index (χ2n) is 3.41. The number of alkyl halides is 3. The van der Waals surface area contributed by atoms with Gasteiger partial charge in [-0.15, -0.1) is 0 Å². The lowest BCUT2D eigenvalue weighted by atomic mass is 10.3. The predicted molar refractivity (Wildman–Crippen MR) is 60.3 cm³/mol. The van der Waals surface area contributed by atoms with Gasteiger partial charge in [0.2, 0.25) is 5.91 Å². The molecule has 1 heterocycles. The molecule has 0 radical (unpaired) electrons. The zero-order valence-electron chi connectivity index (χ0n) is 9.21. The van der Waals surface area contributed by atoms with E-state index in [2.05, 4.69) is 5.32 Å². The lowest BCUT2D eigenvalue weighted by Crippen LogP contribution is -2.36. The van der Waals surface area contributed by atoms with Crippen molar-refractivity contribution < 1.29 is 22.8 Å². The molecule has 0 aliphatic heterocycles. The summed E-state index contributed by atoms with van der Waals surface area (Å²) in [6.07, 6.45) is -4.61. The van der Waals surface area contributed by atoms with Crippen LogP contribution >= 0.6 is 11.3 Å². The third kappa shape index (κ3) is 5.67. The van der Waals surface area contributed by atoms with Crippen LogP contribution in [-0.2, 0) is 4.79 Å². The number of hydrogen-bond donors (Lipinski definition) is 2. The Morgan fingerprint density at radius 2 is 2.00 bits per heavy atom. The summed E-state index contributed by atoms with van der Waals surface area (Å²) in [5.41, 5.74) is 0.468. The van der Waals surface area contributed by atoms with Gasteiger partial charge in [0, 0.05) is 23.9 Å². The van der Waals surface area contributed by atoms with Gasteiger partial charge in [0.25, 0.3) is 5.91 Å². The second-order valence-corrected chi connectivity index (χ2v) is 4.19. The molecule has 2 N–H and O–H groups in total. The largest absolute Gasteiger partial charge is 0.405 e. The first-order chi connectivity index (χ1) is 8.38. The van der Waals surface area contributed by atoms with Gasteiger partial charge in [-0.05, 0) is 11.4 Å². The van der Waals surface area contributed by atoms with Crippen molar-refractivity contribution in [3.8, 4) is 0 Å². The van der Waals surface area contributed by atoms with Crippen molar-refractivity contribution >= 4 is 23.2 Å². The van der Waals surface area contributed by atoms with Crippen molar-refractivity contribution in [2.24, 2.45) is 0 Å². The van der Waals surface area contributed by atoms with Crippen molar-refractivity contribution in [2.75, 3.05) is 13.1 Å². The number of thiophene rings is 1. The van der Waals surface area contributed by atoms with Gasteiger partial charge in [-0.1, -0.05) is 0 Å². The maximum absolute atomic E-state index is 11.8. The monoisotopic (exact) mass is 280 g/mol. The van der Waals surface area contributed by atoms with E-state index in [9.17, 15) is 22.8 Å². The fourth-order valence-electron chi connectivity index (χ4n) is 1.07. The highest BCUT2D eigenvalue weighted by atomic mass is 32.1. The second kappa shape index (κ2) is 6.39. The molecule has 0 saturated heterocycles. The molecule has 0 saturated carbocycles. The van der Waals surface area contributed by atoms with Crippen molar-refractivity contribution in [2.45, 2.75) is 12.6 Å². The van der Waals surface area contributed by atoms with Gasteiger partial charge in [0.05, 0.1) is 0 Å². The van der Waals surface area contributed by atoms with Gasteiger partial charge in [-0.2, -0.15) is 24.5 Å². The molecule has 0 unspecified atom stereocenters. The summed E-state index contributed by atoms with van der Waals surface area (Å²) >= 11 is 1.35. The van der Waals surface area contributed by atoms with E-state index in [1.807, 2.05) is 0 Å². The van der Waals surface area contributed by atoms with Gasteiger partial charge in [0.1, 0.15) is 6.54 Å². The minimum Gasteiger partial charge on any atom is -0.351 e. The van der Waals surface area contributed by atoms with Gasteiger partial charge < -0.3 is 10.6 Å².